The Hall–Kier alpha value is -2.28. The van der Waals surface area contributed by atoms with E-state index >= 15 is 0 Å². The maximum absolute atomic E-state index is 10.1. The molecule has 7 nitrogen and oxygen atoms in total. The largest absolute Gasteiger partial charge is 0.487 e. The molecule has 1 saturated heterocycles. The van der Waals surface area contributed by atoms with Gasteiger partial charge in [-0.15, -0.1) is 0 Å². The van der Waals surface area contributed by atoms with Gasteiger partial charge in [-0.2, -0.15) is 9.98 Å². The van der Waals surface area contributed by atoms with Gasteiger partial charge in [-0.05, 0) is 17.7 Å². The fraction of sp³-hybridized carbons (Fsp3) is 0.188. The van der Waals surface area contributed by atoms with Crippen LogP contribution in [0.25, 0.3) is 0 Å². The predicted molar refractivity (Wildman–Crippen MR) is 91.3 cm³/mol. The van der Waals surface area contributed by atoms with E-state index in [9.17, 15) is 14.2 Å². The zero-order chi connectivity index (χ0) is 17.2. The first-order chi connectivity index (χ1) is 11.5. The minimum Gasteiger partial charge on any atom is -0.487 e. The van der Waals surface area contributed by atoms with Crippen LogP contribution in [0.1, 0.15) is 11.1 Å². The zero-order valence-electron chi connectivity index (χ0n) is 12.7. The SMILES string of the molecule is N#Cc1ccc(N2CC(O)NS2(O)O)c(OCc2ccccc2)c1. The molecular formula is C16H17N3O4S. The van der Waals surface area contributed by atoms with Crippen LogP contribution in [0.4, 0.5) is 5.69 Å². The summed E-state index contributed by atoms with van der Waals surface area (Å²) in [6.45, 7) is 0.266. The normalized spacial score (nSPS) is 20.4. The molecule has 2 aromatic rings. The molecule has 1 aliphatic heterocycles. The van der Waals surface area contributed by atoms with Gasteiger partial charge in [0.1, 0.15) is 24.3 Å². The Morgan fingerprint density at radius 3 is 2.62 bits per heavy atom. The quantitative estimate of drug-likeness (QED) is 0.672. The summed E-state index contributed by atoms with van der Waals surface area (Å²) < 4.78 is 29.5. The summed E-state index contributed by atoms with van der Waals surface area (Å²) in [5, 5.41) is 18.7. The van der Waals surface area contributed by atoms with Crippen LogP contribution in [-0.4, -0.2) is 27.0 Å². The summed E-state index contributed by atoms with van der Waals surface area (Å²) in [6.07, 6.45) is -1.06. The van der Waals surface area contributed by atoms with Gasteiger partial charge in [-0.3, -0.25) is 13.4 Å². The van der Waals surface area contributed by atoms with Crippen molar-refractivity contribution >= 4 is 16.6 Å². The average molecular weight is 347 g/mol. The van der Waals surface area contributed by atoms with Crippen molar-refractivity contribution in [3.63, 3.8) is 0 Å². The van der Waals surface area contributed by atoms with Crippen molar-refractivity contribution in [3.8, 4) is 11.8 Å². The van der Waals surface area contributed by atoms with Crippen LogP contribution in [0.5, 0.6) is 5.75 Å². The van der Waals surface area contributed by atoms with Gasteiger partial charge in [0.05, 0.1) is 18.2 Å². The lowest BCUT2D eigenvalue weighted by atomic mass is 10.2. The molecule has 0 spiro atoms. The molecule has 2 aromatic carbocycles. The molecule has 0 aromatic heterocycles. The highest BCUT2D eigenvalue weighted by molar-refractivity contribution is 8.24. The number of aliphatic hydroxyl groups excluding tert-OH is 1. The van der Waals surface area contributed by atoms with E-state index in [1.54, 1.807) is 18.2 Å². The van der Waals surface area contributed by atoms with Gasteiger partial charge >= 0.3 is 0 Å². The van der Waals surface area contributed by atoms with Gasteiger partial charge in [0.15, 0.2) is 0 Å². The molecule has 0 bridgehead atoms. The lowest BCUT2D eigenvalue weighted by Gasteiger charge is -2.37. The minimum atomic E-state index is -3.34. The lowest BCUT2D eigenvalue weighted by Crippen LogP contribution is -2.26. The molecular weight excluding hydrogens is 330 g/mol. The molecule has 0 saturated carbocycles. The predicted octanol–water partition coefficient (Wildman–Crippen LogP) is 2.45. The first-order valence-electron chi connectivity index (χ1n) is 7.22. The molecule has 1 unspecified atom stereocenters. The number of hydrogen-bond donors (Lipinski definition) is 4. The van der Waals surface area contributed by atoms with Gasteiger partial charge in [0.25, 0.3) is 0 Å². The summed E-state index contributed by atoms with van der Waals surface area (Å²) >= 11 is 0. The topological polar surface area (TPSA) is 109 Å². The number of anilines is 1. The molecule has 126 valence electrons. The first-order valence-corrected chi connectivity index (χ1v) is 8.72. The molecule has 1 aliphatic rings. The van der Waals surface area contributed by atoms with Crippen LogP contribution in [-0.2, 0) is 6.61 Å². The number of nitrogens with one attached hydrogen (secondary N) is 1. The maximum Gasteiger partial charge on any atom is 0.146 e. The van der Waals surface area contributed by atoms with Crippen molar-refractivity contribution in [2.75, 3.05) is 10.8 Å². The zero-order valence-corrected chi connectivity index (χ0v) is 13.5. The Balaban J connectivity index is 1.90. The van der Waals surface area contributed by atoms with E-state index in [-0.39, 0.29) is 13.2 Å². The number of rotatable bonds is 4. The molecule has 1 fully saturated rings. The van der Waals surface area contributed by atoms with E-state index in [0.717, 1.165) is 5.56 Å². The Morgan fingerprint density at radius 1 is 1.25 bits per heavy atom. The number of aliphatic hydroxyl groups is 1. The van der Waals surface area contributed by atoms with Gasteiger partial charge in [0, 0.05) is 6.07 Å². The monoisotopic (exact) mass is 347 g/mol. The second-order valence-electron chi connectivity index (χ2n) is 5.28. The molecule has 0 radical (unpaired) electrons. The number of ether oxygens (including phenoxy) is 1. The van der Waals surface area contributed by atoms with Crippen molar-refractivity contribution in [1.29, 1.82) is 5.26 Å². The van der Waals surface area contributed by atoms with Gasteiger partial charge in [0.2, 0.25) is 0 Å². The third kappa shape index (κ3) is 3.46. The molecule has 0 amide bonds. The summed E-state index contributed by atoms with van der Waals surface area (Å²) in [5.41, 5.74) is 1.73. The number of nitriles is 1. The molecule has 3 rings (SSSR count). The van der Waals surface area contributed by atoms with E-state index in [2.05, 4.69) is 4.72 Å². The lowest BCUT2D eigenvalue weighted by molar-refractivity contribution is 0.181. The smallest absolute Gasteiger partial charge is 0.146 e. The molecule has 0 aliphatic carbocycles. The summed E-state index contributed by atoms with van der Waals surface area (Å²) in [7, 11) is -3.34. The molecule has 8 heteroatoms. The number of nitrogens with zero attached hydrogens (tertiary/aromatic N) is 2. The van der Waals surface area contributed by atoms with Crippen LogP contribution < -0.4 is 13.8 Å². The van der Waals surface area contributed by atoms with E-state index in [0.29, 0.717) is 17.0 Å². The van der Waals surface area contributed by atoms with Gasteiger partial charge in [-0.25, -0.2) is 0 Å². The summed E-state index contributed by atoms with van der Waals surface area (Å²) in [6, 6.07) is 16.2. The third-order valence-electron chi connectivity index (χ3n) is 3.53. The number of hydrogen-bond acceptors (Lipinski definition) is 7. The first kappa shape index (κ1) is 16.6. The molecule has 1 heterocycles. The second kappa shape index (κ2) is 6.68. The molecule has 24 heavy (non-hydrogen) atoms. The van der Waals surface area contributed by atoms with Crippen LogP contribution in [0, 0.1) is 11.3 Å². The van der Waals surface area contributed by atoms with Crippen molar-refractivity contribution in [1.82, 2.24) is 4.72 Å². The highest BCUT2D eigenvalue weighted by Gasteiger charge is 2.36. The maximum atomic E-state index is 10.1. The van der Waals surface area contributed by atoms with E-state index < -0.39 is 17.2 Å². The van der Waals surface area contributed by atoms with Crippen molar-refractivity contribution in [2.24, 2.45) is 0 Å². The minimum absolute atomic E-state index is 0.00404. The van der Waals surface area contributed by atoms with Crippen LogP contribution in [0.15, 0.2) is 48.5 Å². The third-order valence-corrected chi connectivity index (χ3v) is 5.08. The standard InChI is InChI=1S/C16H17N3O4S/c17-9-13-6-7-14(19-10-16(20)18-24(19,21)22)15(8-13)23-11-12-4-2-1-3-5-12/h1-8,16,18,20-22H,10-11H2. The van der Waals surface area contributed by atoms with E-state index in [4.69, 9.17) is 10.00 Å². The fourth-order valence-electron chi connectivity index (χ4n) is 2.42. The average Bonchev–Trinajstić information content (AvgIpc) is 2.85. The van der Waals surface area contributed by atoms with Gasteiger partial charge in [-0.1, -0.05) is 41.3 Å². The Morgan fingerprint density at radius 2 is 2.00 bits per heavy atom. The van der Waals surface area contributed by atoms with Gasteiger partial charge < -0.3 is 9.84 Å². The fourth-order valence-corrected chi connectivity index (χ4v) is 3.76. The second-order valence-corrected chi connectivity index (χ2v) is 7.00. The highest BCUT2D eigenvalue weighted by Crippen LogP contribution is 2.49. The molecule has 4 N–H and O–H groups in total. The summed E-state index contributed by atoms with van der Waals surface area (Å²) in [4.78, 5) is 0. The van der Waals surface area contributed by atoms with Crippen LogP contribution >= 0.6 is 11.0 Å². The van der Waals surface area contributed by atoms with Crippen LogP contribution in [0.3, 0.4) is 0 Å². The number of benzene rings is 2. The summed E-state index contributed by atoms with van der Waals surface area (Å²) in [5.74, 6) is 0.341. The number of β-amino-alcohol motifs (C(OH)–C–C–N with tert-alkyl or cyclic N) is 1. The van der Waals surface area contributed by atoms with Crippen molar-refractivity contribution in [3.05, 3.63) is 59.7 Å². The Kier molecular flexibility index (Phi) is 4.62. The molecule has 1 atom stereocenters. The highest BCUT2D eigenvalue weighted by atomic mass is 32.3. The Labute approximate surface area is 141 Å². The van der Waals surface area contributed by atoms with E-state index in [1.807, 2.05) is 36.4 Å². The van der Waals surface area contributed by atoms with Crippen molar-refractivity contribution in [2.45, 2.75) is 12.8 Å². The van der Waals surface area contributed by atoms with Crippen molar-refractivity contribution < 1.29 is 18.9 Å². The van der Waals surface area contributed by atoms with Crippen LogP contribution in [0.2, 0.25) is 0 Å². The Bertz CT molecular complexity index is 764. The van der Waals surface area contributed by atoms with E-state index in [1.165, 1.54) is 4.31 Å².